The van der Waals surface area contributed by atoms with Gasteiger partial charge in [0.05, 0.1) is 39.8 Å². The minimum absolute atomic E-state index is 0.0724. The fourth-order valence-electron chi connectivity index (χ4n) is 3.63. The van der Waals surface area contributed by atoms with E-state index in [0.717, 1.165) is 13.1 Å². The van der Waals surface area contributed by atoms with Gasteiger partial charge in [-0.1, -0.05) is 0 Å². The second kappa shape index (κ2) is 6.73. The summed E-state index contributed by atoms with van der Waals surface area (Å²) in [6.07, 6.45) is -4.61. The zero-order valence-electron chi connectivity index (χ0n) is 14.9. The maximum Gasteiger partial charge on any atom is 0.280 e. The van der Waals surface area contributed by atoms with Crippen molar-refractivity contribution >= 4 is 23.1 Å². The molecule has 27 heavy (non-hydrogen) atoms. The van der Waals surface area contributed by atoms with Crippen LogP contribution < -0.4 is 21.1 Å². The first-order chi connectivity index (χ1) is 12.9. The predicted octanol–water partition coefficient (Wildman–Crippen LogP) is -4.35. The average Bonchev–Trinajstić information content (AvgIpc) is 3.14. The molecule has 148 valence electrons. The topological polar surface area (TPSA) is 167 Å². The normalized spacial score (nSPS) is 29.7. The molecule has 7 N–H and O–H groups in total. The lowest BCUT2D eigenvalue weighted by Crippen LogP contribution is -3.12. The molecule has 4 heterocycles. The van der Waals surface area contributed by atoms with Crippen LogP contribution >= 0.6 is 0 Å². The minimum Gasteiger partial charge on any atom is -0.394 e. The number of hydrogen-bond acceptors (Lipinski definition) is 9. The molecule has 0 saturated carbocycles. The van der Waals surface area contributed by atoms with Crippen molar-refractivity contribution in [3.05, 3.63) is 10.4 Å². The minimum atomic E-state index is -1.32. The standard InChI is InChI=1S/C15H23N7O5/c1-20-2-4-21(5-3-20)15-17-8-11(18-14(16)19-12(8)26)22(15)13-10(25)9(24)7(6-23)27-13/h7,9-10,13,23-25H,2-6H2,1H3,(H3,16,18,19,26)/p+1. The summed E-state index contributed by atoms with van der Waals surface area (Å²) in [5, 5.41) is 30.0. The lowest BCUT2D eigenvalue weighted by Gasteiger charge is -2.32. The third-order valence-corrected chi connectivity index (χ3v) is 5.22. The van der Waals surface area contributed by atoms with Crippen molar-refractivity contribution in [2.45, 2.75) is 24.5 Å². The predicted molar refractivity (Wildman–Crippen MR) is 94.4 cm³/mol. The van der Waals surface area contributed by atoms with E-state index < -0.39 is 36.7 Å². The van der Waals surface area contributed by atoms with Gasteiger partial charge in [-0.25, -0.2) is 4.98 Å². The molecule has 2 fully saturated rings. The van der Waals surface area contributed by atoms with Crippen molar-refractivity contribution in [2.24, 2.45) is 0 Å². The zero-order valence-corrected chi connectivity index (χ0v) is 14.9. The number of rotatable bonds is 3. The summed E-state index contributed by atoms with van der Waals surface area (Å²) in [6.45, 7) is 2.69. The number of fused-ring (bicyclic) bond motifs is 1. The number of likely N-dealkylation sites (N-methyl/N-ethyl adjacent to an activating group) is 1. The van der Waals surface area contributed by atoms with Crippen LogP contribution in [0.2, 0.25) is 0 Å². The Morgan fingerprint density at radius 2 is 2.00 bits per heavy atom. The third kappa shape index (κ3) is 2.95. The molecule has 4 atom stereocenters. The molecule has 2 aromatic heterocycles. The SMILES string of the molecule is C[NH+]1CCN(c2nc3c(=O)[nH]c(N)nc3n2C2OC(CO)C(O)C2O)CC1. The van der Waals surface area contributed by atoms with Crippen LogP contribution in [0.1, 0.15) is 6.23 Å². The fourth-order valence-corrected chi connectivity index (χ4v) is 3.63. The number of nitrogens with one attached hydrogen (secondary N) is 2. The monoisotopic (exact) mass is 382 g/mol. The van der Waals surface area contributed by atoms with Gasteiger partial charge in [-0.05, 0) is 0 Å². The molecule has 2 aliphatic rings. The smallest absolute Gasteiger partial charge is 0.280 e. The lowest BCUT2D eigenvalue weighted by molar-refractivity contribution is -0.880. The van der Waals surface area contributed by atoms with Crippen LogP contribution in [0.3, 0.4) is 0 Å². The van der Waals surface area contributed by atoms with Crippen LogP contribution in [-0.2, 0) is 4.74 Å². The van der Waals surface area contributed by atoms with E-state index in [1.54, 1.807) is 0 Å². The van der Waals surface area contributed by atoms with E-state index in [-0.39, 0.29) is 17.1 Å². The molecule has 0 radical (unpaired) electrons. The summed E-state index contributed by atoms with van der Waals surface area (Å²) < 4.78 is 7.16. The third-order valence-electron chi connectivity index (χ3n) is 5.22. The Morgan fingerprint density at radius 1 is 1.30 bits per heavy atom. The van der Waals surface area contributed by atoms with Crippen molar-refractivity contribution in [2.75, 3.05) is 50.5 Å². The average molecular weight is 382 g/mol. The van der Waals surface area contributed by atoms with E-state index >= 15 is 0 Å². The van der Waals surface area contributed by atoms with E-state index in [1.807, 2.05) is 4.90 Å². The molecule has 0 aromatic carbocycles. The first-order valence-electron chi connectivity index (χ1n) is 8.87. The highest BCUT2D eigenvalue weighted by atomic mass is 16.6. The van der Waals surface area contributed by atoms with Crippen LogP contribution in [0.25, 0.3) is 11.2 Å². The summed E-state index contributed by atoms with van der Waals surface area (Å²) >= 11 is 0. The first kappa shape index (κ1) is 18.1. The molecule has 2 saturated heterocycles. The number of nitrogens with zero attached hydrogens (tertiary/aromatic N) is 4. The Morgan fingerprint density at radius 3 is 2.63 bits per heavy atom. The van der Waals surface area contributed by atoms with Crippen molar-refractivity contribution in [3.8, 4) is 0 Å². The van der Waals surface area contributed by atoms with Crippen molar-refractivity contribution in [3.63, 3.8) is 0 Å². The van der Waals surface area contributed by atoms with Crippen LogP contribution in [0.5, 0.6) is 0 Å². The number of hydrogen-bond donors (Lipinski definition) is 6. The largest absolute Gasteiger partial charge is 0.394 e. The molecule has 12 heteroatoms. The van der Waals surface area contributed by atoms with Crippen LogP contribution in [0.15, 0.2) is 4.79 Å². The number of quaternary nitrogens is 1. The Kier molecular flexibility index (Phi) is 4.52. The second-order valence-corrected chi connectivity index (χ2v) is 7.08. The van der Waals surface area contributed by atoms with Gasteiger partial charge in [0.25, 0.3) is 5.56 Å². The van der Waals surface area contributed by atoms with Crippen molar-refractivity contribution in [1.82, 2.24) is 19.5 Å². The quantitative estimate of drug-likeness (QED) is 0.307. The van der Waals surface area contributed by atoms with Gasteiger partial charge >= 0.3 is 0 Å². The Bertz CT molecular complexity index is 891. The molecule has 12 nitrogen and oxygen atoms in total. The zero-order chi connectivity index (χ0) is 19.3. The molecule has 2 aliphatic heterocycles. The van der Waals surface area contributed by atoms with E-state index in [0.29, 0.717) is 19.0 Å². The molecular weight excluding hydrogens is 358 g/mol. The van der Waals surface area contributed by atoms with E-state index in [9.17, 15) is 20.1 Å². The molecule has 4 unspecified atom stereocenters. The number of nitrogens with two attached hydrogens (primary N) is 1. The number of anilines is 2. The number of aromatic amines is 1. The van der Waals surface area contributed by atoms with E-state index in [1.165, 1.54) is 9.47 Å². The highest BCUT2D eigenvalue weighted by Crippen LogP contribution is 2.35. The number of aromatic nitrogens is 4. The Hall–Kier alpha value is -2.25. The van der Waals surface area contributed by atoms with E-state index in [2.05, 4.69) is 22.0 Å². The van der Waals surface area contributed by atoms with Crippen LogP contribution in [0, 0.1) is 0 Å². The summed E-state index contributed by atoms with van der Waals surface area (Å²) in [4.78, 5) is 26.7. The van der Waals surface area contributed by atoms with Gasteiger partial charge in [0, 0.05) is 0 Å². The number of ether oxygens (including phenoxy) is 1. The van der Waals surface area contributed by atoms with E-state index in [4.69, 9.17) is 10.5 Å². The number of aliphatic hydroxyl groups is 3. The Balaban J connectivity index is 1.86. The van der Waals surface area contributed by atoms with Gasteiger partial charge in [-0.3, -0.25) is 14.3 Å². The number of imidazole rings is 1. The highest BCUT2D eigenvalue weighted by molar-refractivity contribution is 5.75. The molecule has 0 aliphatic carbocycles. The van der Waals surface area contributed by atoms with Gasteiger partial charge in [0.1, 0.15) is 18.3 Å². The maximum absolute atomic E-state index is 12.3. The number of piperazine rings is 1. The summed E-state index contributed by atoms with van der Waals surface area (Å²) in [7, 11) is 2.10. The lowest BCUT2D eigenvalue weighted by atomic mass is 10.1. The Labute approximate surface area is 153 Å². The van der Waals surface area contributed by atoms with Crippen molar-refractivity contribution < 1.29 is 25.0 Å². The molecule has 4 rings (SSSR count). The summed E-state index contributed by atoms with van der Waals surface area (Å²) in [5.41, 5.74) is 5.43. The van der Waals surface area contributed by atoms with Gasteiger partial charge in [-0.2, -0.15) is 4.98 Å². The van der Waals surface area contributed by atoms with Crippen molar-refractivity contribution in [1.29, 1.82) is 0 Å². The summed E-state index contributed by atoms with van der Waals surface area (Å²) in [6, 6.07) is 0. The number of nitrogen functional groups attached to an aromatic ring is 1. The van der Waals surface area contributed by atoms with Gasteiger partial charge in [0.2, 0.25) is 11.9 Å². The molecular formula is C15H24N7O5+. The van der Waals surface area contributed by atoms with Crippen LogP contribution in [0.4, 0.5) is 11.9 Å². The molecule has 2 aromatic rings. The molecule has 0 amide bonds. The van der Waals surface area contributed by atoms with Crippen LogP contribution in [-0.4, -0.2) is 93.0 Å². The fraction of sp³-hybridized carbons (Fsp3) is 0.667. The maximum atomic E-state index is 12.3. The molecule has 0 spiro atoms. The van der Waals surface area contributed by atoms with Gasteiger partial charge < -0.3 is 35.6 Å². The molecule has 0 bridgehead atoms. The first-order valence-corrected chi connectivity index (χ1v) is 8.87. The number of H-pyrrole nitrogens is 1. The second-order valence-electron chi connectivity index (χ2n) is 7.08. The number of aliphatic hydroxyl groups excluding tert-OH is 3. The van der Waals surface area contributed by atoms with Gasteiger partial charge in [-0.15, -0.1) is 0 Å². The van der Waals surface area contributed by atoms with Gasteiger partial charge in [0.15, 0.2) is 17.4 Å². The highest BCUT2D eigenvalue weighted by Gasteiger charge is 2.45. The summed E-state index contributed by atoms with van der Waals surface area (Å²) in [5.74, 6) is 0.325.